The molecule has 2 amide bonds. The van der Waals surface area contributed by atoms with E-state index in [0.29, 0.717) is 11.1 Å². The number of ether oxygens (including phenoxy) is 1. The minimum atomic E-state index is -1.66. The van der Waals surface area contributed by atoms with E-state index in [4.69, 9.17) is 4.74 Å². The highest BCUT2D eigenvalue weighted by atomic mass is 16.6. The minimum absolute atomic E-state index is 0.0255. The summed E-state index contributed by atoms with van der Waals surface area (Å²) >= 11 is 0. The molecule has 192 valence electrons. The van der Waals surface area contributed by atoms with Crippen molar-refractivity contribution in [1.29, 1.82) is 0 Å². The first-order valence-corrected chi connectivity index (χ1v) is 11.2. The number of hydrogen-bond donors (Lipinski definition) is 7. The Kier molecular flexibility index (Phi) is 10.1. The molecule has 0 spiro atoms. The van der Waals surface area contributed by atoms with Gasteiger partial charge in [-0.1, -0.05) is 48.5 Å². The Balaban J connectivity index is 2.20. The summed E-state index contributed by atoms with van der Waals surface area (Å²) < 4.78 is 5.23. The average molecular weight is 500 g/mol. The fourth-order valence-corrected chi connectivity index (χ4v) is 3.25. The lowest BCUT2D eigenvalue weighted by molar-refractivity contribution is -0.142. The monoisotopic (exact) mass is 500 g/mol. The molecule has 2 rings (SSSR count). The van der Waals surface area contributed by atoms with E-state index < -0.39 is 49.9 Å². The average Bonchev–Trinajstić information content (AvgIpc) is 2.77. The van der Waals surface area contributed by atoms with Crippen LogP contribution < -0.4 is 21.6 Å². The number of carboxylic acids is 1. The number of nitrogens with one attached hydrogen (secondary N) is 2. The third-order valence-electron chi connectivity index (χ3n) is 5.06. The quantitative estimate of drug-likeness (QED) is 0.187. The Morgan fingerprint density at radius 2 is 1.19 bits per heavy atom. The molecule has 0 fully saturated rings. The fraction of sp³-hybridized carbons (Fsp3) is 0.348. The second-order valence-corrected chi connectivity index (χ2v) is 9.24. The SMILES string of the molecule is CC(C)(C)OC(=O)N[C@@H](Cc1ccc(B(O)O)cc1)C(=O)N[C@@H](Cc1ccc(B(O)O)cc1)C(=O)O. The molecule has 13 heteroatoms. The minimum Gasteiger partial charge on any atom is -0.480 e. The van der Waals surface area contributed by atoms with Gasteiger partial charge in [-0.25, -0.2) is 9.59 Å². The van der Waals surface area contributed by atoms with Gasteiger partial charge in [-0.05, 0) is 42.8 Å². The lowest BCUT2D eigenvalue weighted by Crippen LogP contribution is -2.53. The van der Waals surface area contributed by atoms with Gasteiger partial charge in [0.2, 0.25) is 5.91 Å². The van der Waals surface area contributed by atoms with Gasteiger partial charge in [-0.3, -0.25) is 4.79 Å². The zero-order chi connectivity index (χ0) is 27.0. The van der Waals surface area contributed by atoms with Crippen molar-refractivity contribution in [2.45, 2.75) is 51.3 Å². The van der Waals surface area contributed by atoms with Crippen molar-refractivity contribution in [3.63, 3.8) is 0 Å². The molecule has 0 aliphatic carbocycles. The summed E-state index contributed by atoms with van der Waals surface area (Å²) in [5.41, 5.74) is 0.742. The van der Waals surface area contributed by atoms with Gasteiger partial charge >= 0.3 is 26.3 Å². The van der Waals surface area contributed by atoms with Gasteiger partial charge < -0.3 is 40.6 Å². The predicted octanol–water partition coefficient (Wildman–Crippen LogP) is -1.71. The van der Waals surface area contributed by atoms with Crippen molar-refractivity contribution in [1.82, 2.24) is 10.6 Å². The van der Waals surface area contributed by atoms with E-state index in [-0.39, 0.29) is 23.8 Å². The summed E-state index contributed by atoms with van der Waals surface area (Å²) in [5, 5.41) is 51.5. The molecule has 0 saturated heterocycles. The molecule has 0 bridgehead atoms. The van der Waals surface area contributed by atoms with E-state index in [2.05, 4.69) is 10.6 Å². The zero-order valence-electron chi connectivity index (χ0n) is 20.2. The van der Waals surface area contributed by atoms with Crippen LogP contribution in [0.2, 0.25) is 0 Å². The van der Waals surface area contributed by atoms with Crippen LogP contribution in [0.5, 0.6) is 0 Å². The number of hydrogen-bond acceptors (Lipinski definition) is 8. The van der Waals surface area contributed by atoms with E-state index in [1.54, 1.807) is 32.9 Å². The molecule has 36 heavy (non-hydrogen) atoms. The Hall–Kier alpha value is -3.38. The molecule has 2 aromatic rings. The molecule has 0 unspecified atom stereocenters. The molecule has 0 heterocycles. The van der Waals surface area contributed by atoms with Crippen LogP contribution in [0, 0.1) is 0 Å². The molecule has 0 aliphatic rings. The van der Waals surface area contributed by atoms with Gasteiger partial charge in [0.05, 0.1) is 0 Å². The highest BCUT2D eigenvalue weighted by molar-refractivity contribution is 6.58. The Morgan fingerprint density at radius 3 is 1.56 bits per heavy atom. The van der Waals surface area contributed by atoms with Gasteiger partial charge in [0.1, 0.15) is 17.7 Å². The smallest absolute Gasteiger partial charge is 0.480 e. The Labute approximate surface area is 209 Å². The second-order valence-electron chi connectivity index (χ2n) is 9.24. The maximum Gasteiger partial charge on any atom is 0.488 e. The van der Waals surface area contributed by atoms with Crippen molar-refractivity contribution >= 4 is 43.1 Å². The van der Waals surface area contributed by atoms with Crippen LogP contribution in [0.3, 0.4) is 0 Å². The van der Waals surface area contributed by atoms with E-state index in [1.165, 1.54) is 36.4 Å². The number of carbonyl (C=O) groups excluding carboxylic acids is 2. The molecular weight excluding hydrogens is 470 g/mol. The van der Waals surface area contributed by atoms with Crippen molar-refractivity contribution in [2.24, 2.45) is 0 Å². The topological polar surface area (TPSA) is 186 Å². The third-order valence-corrected chi connectivity index (χ3v) is 5.06. The maximum atomic E-state index is 13.1. The van der Waals surface area contributed by atoms with Crippen molar-refractivity contribution in [3.05, 3.63) is 59.7 Å². The van der Waals surface area contributed by atoms with Gasteiger partial charge in [0.25, 0.3) is 0 Å². The summed E-state index contributed by atoms with van der Waals surface area (Å²) in [4.78, 5) is 37.3. The molecule has 7 N–H and O–H groups in total. The largest absolute Gasteiger partial charge is 0.488 e. The summed E-state index contributed by atoms with van der Waals surface area (Å²) in [5.74, 6) is -2.06. The van der Waals surface area contributed by atoms with Gasteiger partial charge in [-0.2, -0.15) is 0 Å². The Morgan fingerprint density at radius 1 is 0.778 bits per heavy atom. The maximum absolute atomic E-state index is 13.1. The fourth-order valence-electron chi connectivity index (χ4n) is 3.25. The molecule has 11 nitrogen and oxygen atoms in total. The van der Waals surface area contributed by atoms with Crippen LogP contribution in [0.25, 0.3) is 0 Å². The van der Waals surface area contributed by atoms with Crippen LogP contribution in [-0.4, -0.2) is 75.1 Å². The summed E-state index contributed by atoms with van der Waals surface area (Å²) in [6.45, 7) is 4.96. The highest BCUT2D eigenvalue weighted by Crippen LogP contribution is 2.10. The van der Waals surface area contributed by atoms with Gasteiger partial charge in [-0.15, -0.1) is 0 Å². The first-order chi connectivity index (χ1) is 16.7. The zero-order valence-corrected chi connectivity index (χ0v) is 20.2. The molecular formula is C23H30B2N2O9. The normalized spacial score (nSPS) is 12.8. The van der Waals surface area contributed by atoms with Crippen molar-refractivity contribution in [3.8, 4) is 0 Å². The second kappa shape index (κ2) is 12.5. The van der Waals surface area contributed by atoms with Crippen LogP contribution in [0.4, 0.5) is 4.79 Å². The molecule has 0 radical (unpaired) electrons. The molecule has 0 aliphatic heterocycles. The van der Waals surface area contributed by atoms with E-state index in [9.17, 15) is 39.6 Å². The predicted molar refractivity (Wildman–Crippen MR) is 133 cm³/mol. The van der Waals surface area contributed by atoms with Crippen molar-refractivity contribution in [2.75, 3.05) is 0 Å². The first kappa shape index (κ1) is 28.9. The summed E-state index contributed by atoms with van der Waals surface area (Å²) in [6, 6.07) is 9.38. The standard InChI is InChI=1S/C23H30B2N2O9/c1-23(2,3)36-22(31)27-18(12-14-4-8-16(9-5-14)24(32)33)20(28)26-19(21(29)30)13-15-6-10-17(11-7-15)25(34)35/h4-11,18-19,32-35H,12-13H2,1-3H3,(H,26,28)(H,27,31)(H,29,30)/t18-,19-/m0/s1. The third kappa shape index (κ3) is 9.34. The lowest BCUT2D eigenvalue weighted by atomic mass is 9.80. The Bertz CT molecular complexity index is 1040. The van der Waals surface area contributed by atoms with E-state index >= 15 is 0 Å². The van der Waals surface area contributed by atoms with Crippen LogP contribution in [0.15, 0.2) is 48.5 Å². The molecule has 2 aromatic carbocycles. The van der Waals surface area contributed by atoms with Crippen LogP contribution >= 0.6 is 0 Å². The van der Waals surface area contributed by atoms with Gasteiger partial charge in [0, 0.05) is 12.8 Å². The highest BCUT2D eigenvalue weighted by Gasteiger charge is 2.29. The van der Waals surface area contributed by atoms with E-state index in [1.807, 2.05) is 0 Å². The molecule has 0 aromatic heterocycles. The number of carbonyl (C=O) groups is 3. The van der Waals surface area contributed by atoms with Crippen LogP contribution in [-0.2, 0) is 27.2 Å². The number of rotatable bonds is 10. The number of benzene rings is 2. The summed E-state index contributed by atoms with van der Waals surface area (Å²) in [6.07, 6.45) is -0.983. The molecule has 2 atom stereocenters. The first-order valence-electron chi connectivity index (χ1n) is 11.2. The number of carboxylic acid groups (broad SMARTS) is 1. The van der Waals surface area contributed by atoms with E-state index in [0.717, 1.165) is 0 Å². The lowest BCUT2D eigenvalue weighted by Gasteiger charge is -2.24. The van der Waals surface area contributed by atoms with Crippen molar-refractivity contribution < 1.29 is 44.3 Å². The number of amides is 2. The summed E-state index contributed by atoms with van der Waals surface area (Å²) in [7, 11) is -3.33. The number of alkyl carbamates (subject to hydrolysis) is 1. The van der Waals surface area contributed by atoms with Gasteiger partial charge in [0.15, 0.2) is 0 Å². The molecule has 0 saturated carbocycles. The number of aliphatic carboxylic acids is 1. The van der Waals surface area contributed by atoms with Crippen LogP contribution in [0.1, 0.15) is 31.9 Å².